The first-order valence-electron chi connectivity index (χ1n) is 5.77. The second-order valence-electron chi connectivity index (χ2n) is 4.26. The van der Waals surface area contributed by atoms with Gasteiger partial charge in [-0.3, -0.25) is 0 Å². The van der Waals surface area contributed by atoms with Crippen molar-refractivity contribution in [2.75, 3.05) is 6.61 Å². The van der Waals surface area contributed by atoms with Crippen LogP contribution in [0.3, 0.4) is 0 Å². The molecule has 0 aliphatic heterocycles. The number of hydrogen-bond acceptors (Lipinski definition) is 3. The summed E-state index contributed by atoms with van der Waals surface area (Å²) in [7, 11) is 0. The standard InChI is InChI=1S/C12H13F6NO2/c13-11(14,15)10(12(16,17)18)21-6-9(20)8-3-1-7(5-19)2-4-8/h1-4,9-10,20H,5-6,19H2. The Labute approximate surface area is 116 Å². The van der Waals surface area contributed by atoms with Gasteiger partial charge >= 0.3 is 12.4 Å². The molecule has 1 rings (SSSR count). The van der Waals surface area contributed by atoms with E-state index in [0.29, 0.717) is 5.56 Å². The molecular weight excluding hydrogens is 304 g/mol. The molecule has 3 N–H and O–H groups in total. The van der Waals surface area contributed by atoms with Crippen molar-refractivity contribution >= 4 is 0 Å². The normalized spacial score (nSPS) is 14.5. The number of hydrogen-bond donors (Lipinski definition) is 2. The third kappa shape index (κ3) is 5.18. The average Bonchev–Trinajstić information content (AvgIpc) is 2.35. The lowest BCUT2D eigenvalue weighted by molar-refractivity contribution is -0.324. The SMILES string of the molecule is NCc1ccc(C(O)COC(C(F)(F)F)C(F)(F)F)cc1. The van der Waals surface area contributed by atoms with Gasteiger partial charge in [0.15, 0.2) is 0 Å². The minimum atomic E-state index is -5.60. The lowest BCUT2D eigenvalue weighted by Crippen LogP contribution is -2.45. The van der Waals surface area contributed by atoms with Gasteiger partial charge in [-0.2, -0.15) is 26.3 Å². The number of benzene rings is 1. The van der Waals surface area contributed by atoms with Crippen molar-refractivity contribution in [2.45, 2.75) is 31.1 Å². The summed E-state index contributed by atoms with van der Waals surface area (Å²) < 4.78 is 77.2. The molecule has 1 unspecified atom stereocenters. The quantitative estimate of drug-likeness (QED) is 0.821. The fourth-order valence-electron chi connectivity index (χ4n) is 1.53. The van der Waals surface area contributed by atoms with Crippen LogP contribution in [0.5, 0.6) is 0 Å². The molecule has 3 nitrogen and oxygen atoms in total. The van der Waals surface area contributed by atoms with Crippen LogP contribution in [0.1, 0.15) is 17.2 Å². The highest BCUT2D eigenvalue weighted by Crippen LogP contribution is 2.36. The van der Waals surface area contributed by atoms with Gasteiger partial charge in [0, 0.05) is 6.54 Å². The number of ether oxygens (including phenoxy) is 1. The van der Waals surface area contributed by atoms with E-state index in [1.165, 1.54) is 24.3 Å². The van der Waals surface area contributed by atoms with Crippen LogP contribution in [0.2, 0.25) is 0 Å². The Bertz CT molecular complexity index is 429. The lowest BCUT2D eigenvalue weighted by Gasteiger charge is -2.24. The zero-order chi connectivity index (χ0) is 16.3. The number of aliphatic hydroxyl groups is 1. The molecular formula is C12H13F6NO2. The van der Waals surface area contributed by atoms with Crippen molar-refractivity contribution in [3.8, 4) is 0 Å². The molecule has 0 bridgehead atoms. The van der Waals surface area contributed by atoms with Gasteiger partial charge in [0.25, 0.3) is 0 Å². The Morgan fingerprint density at radius 2 is 1.48 bits per heavy atom. The highest BCUT2D eigenvalue weighted by atomic mass is 19.4. The molecule has 0 saturated heterocycles. The molecule has 120 valence electrons. The van der Waals surface area contributed by atoms with Gasteiger partial charge in [-0.25, -0.2) is 0 Å². The van der Waals surface area contributed by atoms with E-state index in [2.05, 4.69) is 4.74 Å². The molecule has 0 aromatic heterocycles. The van der Waals surface area contributed by atoms with Crippen molar-refractivity contribution < 1.29 is 36.2 Å². The maximum atomic E-state index is 12.2. The molecule has 0 heterocycles. The van der Waals surface area contributed by atoms with E-state index in [-0.39, 0.29) is 12.1 Å². The monoisotopic (exact) mass is 317 g/mol. The maximum absolute atomic E-state index is 12.2. The van der Waals surface area contributed by atoms with Crippen LogP contribution in [0.4, 0.5) is 26.3 Å². The van der Waals surface area contributed by atoms with Crippen molar-refractivity contribution in [3.05, 3.63) is 35.4 Å². The third-order valence-corrected chi connectivity index (χ3v) is 2.62. The van der Waals surface area contributed by atoms with Crippen molar-refractivity contribution in [3.63, 3.8) is 0 Å². The Balaban J connectivity index is 2.71. The smallest absolute Gasteiger partial charge is 0.386 e. The summed E-state index contributed by atoms with van der Waals surface area (Å²) in [6, 6.07) is 5.71. The van der Waals surface area contributed by atoms with Crippen molar-refractivity contribution in [1.29, 1.82) is 0 Å². The van der Waals surface area contributed by atoms with Crippen LogP contribution < -0.4 is 5.73 Å². The summed E-state index contributed by atoms with van der Waals surface area (Å²) in [4.78, 5) is 0. The number of rotatable bonds is 5. The second-order valence-corrected chi connectivity index (χ2v) is 4.26. The van der Waals surface area contributed by atoms with E-state index in [9.17, 15) is 31.4 Å². The topological polar surface area (TPSA) is 55.5 Å². The predicted octanol–water partition coefficient (Wildman–Crippen LogP) is 2.69. The molecule has 21 heavy (non-hydrogen) atoms. The van der Waals surface area contributed by atoms with E-state index >= 15 is 0 Å². The molecule has 0 saturated carbocycles. The first-order valence-corrected chi connectivity index (χ1v) is 5.77. The summed E-state index contributed by atoms with van der Waals surface area (Å²) in [5.41, 5.74) is 6.17. The number of alkyl halides is 6. The van der Waals surface area contributed by atoms with Gasteiger partial charge < -0.3 is 15.6 Å². The van der Waals surface area contributed by atoms with E-state index in [0.717, 1.165) is 0 Å². The molecule has 1 aromatic rings. The molecule has 0 amide bonds. The first kappa shape index (κ1) is 17.7. The van der Waals surface area contributed by atoms with Gasteiger partial charge in [0.05, 0.1) is 6.61 Å². The Morgan fingerprint density at radius 3 is 1.86 bits per heavy atom. The summed E-state index contributed by atoms with van der Waals surface area (Å²) in [5.74, 6) is 0. The second kappa shape index (κ2) is 6.63. The Hall–Kier alpha value is -1.32. The highest BCUT2D eigenvalue weighted by molar-refractivity contribution is 5.24. The molecule has 0 radical (unpaired) electrons. The Morgan fingerprint density at radius 1 is 1.00 bits per heavy atom. The molecule has 1 atom stereocenters. The largest absolute Gasteiger partial charge is 0.423 e. The summed E-state index contributed by atoms with van der Waals surface area (Å²) in [6.45, 7) is -0.914. The van der Waals surface area contributed by atoms with Gasteiger partial charge in [0.2, 0.25) is 6.10 Å². The fraction of sp³-hybridized carbons (Fsp3) is 0.500. The van der Waals surface area contributed by atoms with E-state index in [1.807, 2.05) is 0 Å². The van der Waals surface area contributed by atoms with Crippen LogP contribution in [-0.2, 0) is 11.3 Å². The number of halogens is 6. The van der Waals surface area contributed by atoms with Crippen LogP contribution >= 0.6 is 0 Å². The minimum Gasteiger partial charge on any atom is -0.386 e. The predicted molar refractivity (Wildman–Crippen MR) is 61.1 cm³/mol. The maximum Gasteiger partial charge on any atom is 0.423 e. The Kier molecular flexibility index (Phi) is 5.60. The zero-order valence-electron chi connectivity index (χ0n) is 10.6. The van der Waals surface area contributed by atoms with Crippen LogP contribution in [0.25, 0.3) is 0 Å². The summed E-state index contributed by atoms with van der Waals surface area (Å²) >= 11 is 0. The summed E-state index contributed by atoms with van der Waals surface area (Å²) in [5, 5.41) is 9.57. The molecule has 1 aromatic carbocycles. The molecule has 9 heteroatoms. The van der Waals surface area contributed by atoms with Gasteiger partial charge in [-0.15, -0.1) is 0 Å². The molecule has 0 spiro atoms. The van der Waals surface area contributed by atoms with Gasteiger partial charge in [-0.1, -0.05) is 24.3 Å². The van der Waals surface area contributed by atoms with Crippen LogP contribution in [0.15, 0.2) is 24.3 Å². The van der Waals surface area contributed by atoms with Gasteiger partial charge in [0.1, 0.15) is 6.10 Å². The number of aliphatic hydroxyl groups excluding tert-OH is 1. The van der Waals surface area contributed by atoms with E-state index in [4.69, 9.17) is 5.73 Å². The lowest BCUT2D eigenvalue weighted by atomic mass is 10.1. The van der Waals surface area contributed by atoms with Gasteiger partial charge in [-0.05, 0) is 11.1 Å². The number of nitrogens with two attached hydrogens (primary N) is 1. The van der Waals surface area contributed by atoms with E-state index in [1.54, 1.807) is 0 Å². The van der Waals surface area contributed by atoms with Crippen molar-refractivity contribution in [1.82, 2.24) is 0 Å². The van der Waals surface area contributed by atoms with Crippen LogP contribution in [-0.4, -0.2) is 30.2 Å². The average molecular weight is 317 g/mol. The highest BCUT2D eigenvalue weighted by Gasteiger charge is 2.58. The molecule has 0 fully saturated rings. The zero-order valence-corrected chi connectivity index (χ0v) is 10.6. The fourth-order valence-corrected chi connectivity index (χ4v) is 1.53. The van der Waals surface area contributed by atoms with E-state index < -0.39 is 31.2 Å². The van der Waals surface area contributed by atoms with Crippen molar-refractivity contribution in [2.24, 2.45) is 5.73 Å². The summed E-state index contributed by atoms with van der Waals surface area (Å²) in [6.07, 6.45) is -16.7. The van der Waals surface area contributed by atoms with Crippen LogP contribution in [0, 0.1) is 0 Å². The first-order chi connectivity index (χ1) is 9.55. The molecule has 0 aliphatic rings. The molecule has 0 aliphatic carbocycles. The minimum absolute atomic E-state index is 0.135. The third-order valence-electron chi connectivity index (χ3n) is 2.62.